The lowest BCUT2D eigenvalue weighted by Crippen LogP contribution is -2.20. The van der Waals surface area contributed by atoms with E-state index in [0.29, 0.717) is 22.7 Å². The highest BCUT2D eigenvalue weighted by atomic mass is 16.5. The Morgan fingerprint density at radius 2 is 1.93 bits per heavy atom. The van der Waals surface area contributed by atoms with E-state index in [4.69, 9.17) is 9.47 Å². The number of hydrogen-bond acceptors (Lipinski definition) is 5. The molecule has 7 heteroatoms. The molecule has 0 spiro atoms. The zero-order valence-electron chi connectivity index (χ0n) is 16.2. The van der Waals surface area contributed by atoms with Crippen molar-refractivity contribution >= 4 is 23.5 Å². The molecule has 3 aromatic rings. The first-order valence-corrected chi connectivity index (χ1v) is 8.92. The summed E-state index contributed by atoms with van der Waals surface area (Å²) in [6.45, 7) is -0.153. The predicted octanol–water partition coefficient (Wildman–Crippen LogP) is 3.34. The van der Waals surface area contributed by atoms with Gasteiger partial charge in [-0.25, -0.2) is 0 Å². The standard InChI is InChI=1S/C22H21N3O4/c1-25-14-17(13-23-25)19(26)10-8-16-9-11-20(21(12-16)28-2)29-15-22(27)24-18-6-4-3-5-7-18/h3-14H,15H2,1-2H3,(H,24,27)/b10-8+. The molecule has 0 unspecified atom stereocenters. The third-order valence-electron chi connectivity index (χ3n) is 4.02. The average molecular weight is 391 g/mol. The zero-order chi connectivity index (χ0) is 20.6. The number of rotatable bonds is 8. The number of ether oxygens (including phenoxy) is 2. The molecule has 0 aliphatic rings. The minimum Gasteiger partial charge on any atom is -0.493 e. The Kier molecular flexibility index (Phi) is 6.42. The maximum Gasteiger partial charge on any atom is 0.262 e. The number of nitrogens with one attached hydrogen (secondary N) is 1. The quantitative estimate of drug-likeness (QED) is 0.470. The molecule has 0 radical (unpaired) electrons. The number of allylic oxidation sites excluding steroid dienone is 1. The van der Waals surface area contributed by atoms with Crippen LogP contribution in [-0.4, -0.2) is 35.2 Å². The molecule has 3 rings (SSSR count). The van der Waals surface area contributed by atoms with E-state index in [1.807, 2.05) is 18.2 Å². The zero-order valence-corrected chi connectivity index (χ0v) is 16.2. The molecule has 0 saturated heterocycles. The van der Waals surface area contributed by atoms with E-state index in [1.165, 1.54) is 19.4 Å². The summed E-state index contributed by atoms with van der Waals surface area (Å²) in [5, 5.41) is 6.74. The maximum absolute atomic E-state index is 12.1. The van der Waals surface area contributed by atoms with Crippen LogP contribution in [0.3, 0.4) is 0 Å². The molecule has 1 heterocycles. The van der Waals surface area contributed by atoms with Crippen molar-refractivity contribution in [3.8, 4) is 11.5 Å². The van der Waals surface area contributed by atoms with Gasteiger partial charge in [0, 0.05) is 18.9 Å². The molecular weight excluding hydrogens is 370 g/mol. The monoisotopic (exact) mass is 391 g/mol. The van der Waals surface area contributed by atoms with Crippen molar-refractivity contribution in [2.75, 3.05) is 19.0 Å². The maximum atomic E-state index is 12.1. The topological polar surface area (TPSA) is 82.4 Å². The molecule has 29 heavy (non-hydrogen) atoms. The second kappa shape index (κ2) is 9.36. The lowest BCUT2D eigenvalue weighted by atomic mass is 10.1. The van der Waals surface area contributed by atoms with Crippen molar-refractivity contribution in [3.63, 3.8) is 0 Å². The van der Waals surface area contributed by atoms with E-state index in [0.717, 1.165) is 5.56 Å². The van der Waals surface area contributed by atoms with Crippen molar-refractivity contribution in [2.24, 2.45) is 7.05 Å². The van der Waals surface area contributed by atoms with Crippen LogP contribution in [0.2, 0.25) is 0 Å². The first-order chi connectivity index (χ1) is 14.0. The number of hydrogen-bond donors (Lipinski definition) is 1. The molecule has 0 fully saturated rings. The summed E-state index contributed by atoms with van der Waals surface area (Å²) in [4.78, 5) is 24.2. The molecule has 148 valence electrons. The fourth-order valence-corrected chi connectivity index (χ4v) is 2.59. The summed E-state index contributed by atoms with van der Waals surface area (Å²) in [5.74, 6) is 0.485. The molecule has 0 aliphatic carbocycles. The van der Waals surface area contributed by atoms with Gasteiger partial charge in [0.2, 0.25) is 0 Å². The van der Waals surface area contributed by atoms with Crippen molar-refractivity contribution in [1.82, 2.24) is 9.78 Å². The lowest BCUT2D eigenvalue weighted by Gasteiger charge is -2.11. The normalized spacial score (nSPS) is 10.7. The van der Waals surface area contributed by atoms with Gasteiger partial charge in [0.15, 0.2) is 23.9 Å². The number of benzene rings is 2. The van der Waals surface area contributed by atoms with Gasteiger partial charge < -0.3 is 14.8 Å². The summed E-state index contributed by atoms with van der Waals surface area (Å²) in [6.07, 6.45) is 6.33. The van der Waals surface area contributed by atoms with E-state index in [1.54, 1.807) is 54.3 Å². The van der Waals surface area contributed by atoms with E-state index in [2.05, 4.69) is 10.4 Å². The van der Waals surface area contributed by atoms with E-state index in [-0.39, 0.29) is 18.3 Å². The Hall–Kier alpha value is -3.87. The number of methoxy groups -OCH3 is 1. The number of aromatic nitrogens is 2. The second-order valence-corrected chi connectivity index (χ2v) is 6.21. The number of aryl methyl sites for hydroxylation is 1. The summed E-state index contributed by atoms with van der Waals surface area (Å²) < 4.78 is 12.5. The Balaban J connectivity index is 1.61. The van der Waals surface area contributed by atoms with Crippen LogP contribution in [0, 0.1) is 0 Å². The molecule has 7 nitrogen and oxygen atoms in total. The summed E-state index contributed by atoms with van der Waals surface area (Å²) in [7, 11) is 3.27. The minimum absolute atomic E-state index is 0.144. The van der Waals surface area contributed by atoms with Crippen LogP contribution >= 0.6 is 0 Å². The largest absolute Gasteiger partial charge is 0.493 e. The fraction of sp³-hybridized carbons (Fsp3) is 0.136. The SMILES string of the molecule is COc1cc(/C=C/C(=O)c2cnn(C)c2)ccc1OCC(=O)Nc1ccccc1. The molecule has 0 saturated carbocycles. The molecular formula is C22H21N3O4. The van der Waals surface area contributed by atoms with Crippen molar-refractivity contribution in [2.45, 2.75) is 0 Å². The van der Waals surface area contributed by atoms with E-state index >= 15 is 0 Å². The Labute approximate surface area is 168 Å². The van der Waals surface area contributed by atoms with Gasteiger partial charge in [-0.3, -0.25) is 14.3 Å². The Bertz CT molecular complexity index is 1030. The second-order valence-electron chi connectivity index (χ2n) is 6.21. The number of anilines is 1. The van der Waals surface area contributed by atoms with Crippen LogP contribution in [0.15, 0.2) is 67.0 Å². The van der Waals surface area contributed by atoms with Crippen LogP contribution in [0.25, 0.3) is 6.08 Å². The number of nitrogens with zero attached hydrogens (tertiary/aromatic N) is 2. The van der Waals surface area contributed by atoms with Crippen LogP contribution in [0.1, 0.15) is 15.9 Å². The predicted molar refractivity (Wildman–Crippen MR) is 110 cm³/mol. The molecule has 0 aliphatic heterocycles. The average Bonchev–Trinajstić information content (AvgIpc) is 3.18. The third-order valence-corrected chi connectivity index (χ3v) is 4.02. The van der Waals surface area contributed by atoms with Gasteiger partial charge >= 0.3 is 0 Å². The first kappa shape index (κ1) is 19.9. The van der Waals surface area contributed by atoms with Gasteiger partial charge in [0.05, 0.1) is 18.9 Å². The smallest absolute Gasteiger partial charge is 0.262 e. The van der Waals surface area contributed by atoms with Crippen LogP contribution in [0.4, 0.5) is 5.69 Å². The van der Waals surface area contributed by atoms with Crippen LogP contribution < -0.4 is 14.8 Å². The van der Waals surface area contributed by atoms with Crippen LogP contribution in [0.5, 0.6) is 11.5 Å². The van der Waals surface area contributed by atoms with Crippen molar-refractivity contribution in [1.29, 1.82) is 0 Å². The van der Waals surface area contributed by atoms with Crippen molar-refractivity contribution in [3.05, 3.63) is 78.1 Å². The van der Waals surface area contributed by atoms with E-state index in [9.17, 15) is 9.59 Å². The minimum atomic E-state index is -0.274. The summed E-state index contributed by atoms with van der Waals surface area (Å²) >= 11 is 0. The molecule has 0 bridgehead atoms. The van der Waals surface area contributed by atoms with Gasteiger partial charge in [-0.2, -0.15) is 5.10 Å². The molecule has 1 amide bonds. The number of carbonyl (C=O) groups is 2. The highest BCUT2D eigenvalue weighted by molar-refractivity contribution is 6.06. The van der Waals surface area contributed by atoms with Gasteiger partial charge in [0.1, 0.15) is 0 Å². The molecule has 1 aromatic heterocycles. The van der Waals surface area contributed by atoms with Gasteiger partial charge in [-0.15, -0.1) is 0 Å². The van der Waals surface area contributed by atoms with E-state index < -0.39 is 0 Å². The molecule has 0 atom stereocenters. The van der Waals surface area contributed by atoms with Gasteiger partial charge in [-0.1, -0.05) is 30.3 Å². The number of para-hydroxylation sites is 1. The summed E-state index contributed by atoms with van der Waals surface area (Å²) in [5.41, 5.74) is 1.98. The first-order valence-electron chi connectivity index (χ1n) is 8.92. The Morgan fingerprint density at radius 1 is 1.14 bits per heavy atom. The van der Waals surface area contributed by atoms with Gasteiger partial charge in [-0.05, 0) is 35.9 Å². The molecule has 2 aromatic carbocycles. The third kappa shape index (κ3) is 5.55. The summed E-state index contributed by atoms with van der Waals surface area (Å²) in [6, 6.07) is 14.4. The Morgan fingerprint density at radius 3 is 2.62 bits per heavy atom. The number of carbonyl (C=O) groups excluding carboxylic acids is 2. The van der Waals surface area contributed by atoms with Crippen molar-refractivity contribution < 1.29 is 19.1 Å². The highest BCUT2D eigenvalue weighted by Crippen LogP contribution is 2.28. The highest BCUT2D eigenvalue weighted by Gasteiger charge is 2.09. The molecule has 1 N–H and O–H groups in total. The van der Waals surface area contributed by atoms with Gasteiger partial charge in [0.25, 0.3) is 5.91 Å². The fourth-order valence-electron chi connectivity index (χ4n) is 2.59. The van der Waals surface area contributed by atoms with Crippen LogP contribution in [-0.2, 0) is 11.8 Å². The lowest BCUT2D eigenvalue weighted by molar-refractivity contribution is -0.118. The number of amides is 1. The number of ketones is 1.